The monoisotopic (exact) mass is 371 g/mol. The first-order valence-corrected chi connectivity index (χ1v) is 10.5. The zero-order chi connectivity index (χ0) is 19.4. The van der Waals surface area contributed by atoms with Gasteiger partial charge < -0.3 is 9.64 Å². The molecule has 27 heavy (non-hydrogen) atoms. The van der Waals surface area contributed by atoms with Crippen LogP contribution in [0.25, 0.3) is 0 Å². The molecule has 3 rings (SSSR count). The second-order valence-electron chi connectivity index (χ2n) is 8.68. The molecule has 1 aromatic carbocycles. The van der Waals surface area contributed by atoms with Crippen molar-refractivity contribution in [1.29, 1.82) is 0 Å². The summed E-state index contributed by atoms with van der Waals surface area (Å²) in [6.07, 6.45) is 4.61. The van der Waals surface area contributed by atoms with E-state index in [9.17, 15) is 9.59 Å². The molecule has 4 heteroatoms. The number of Topliss-reactive ketones (excluding diaryl/α,β-unsaturated/α-hetero) is 1. The maximum absolute atomic E-state index is 12.8. The Balaban J connectivity index is 1.47. The summed E-state index contributed by atoms with van der Waals surface area (Å²) in [4.78, 5) is 27.2. The van der Waals surface area contributed by atoms with E-state index in [-0.39, 0.29) is 23.7 Å². The quantitative estimate of drug-likeness (QED) is 0.646. The molecule has 1 saturated heterocycles. The number of ether oxygens (including phenoxy) is 1. The van der Waals surface area contributed by atoms with Crippen LogP contribution in [-0.4, -0.2) is 42.4 Å². The highest BCUT2D eigenvalue weighted by Gasteiger charge is 2.31. The van der Waals surface area contributed by atoms with Gasteiger partial charge in [-0.2, -0.15) is 0 Å². The number of benzene rings is 1. The van der Waals surface area contributed by atoms with Crippen LogP contribution in [0.2, 0.25) is 0 Å². The number of carbonyl (C=O) groups is 2. The summed E-state index contributed by atoms with van der Waals surface area (Å²) in [6.45, 7) is 8.25. The Morgan fingerprint density at radius 2 is 1.67 bits per heavy atom. The average Bonchev–Trinajstić information content (AvgIpc) is 3.50. The van der Waals surface area contributed by atoms with E-state index in [1.807, 2.05) is 24.0 Å². The van der Waals surface area contributed by atoms with Crippen LogP contribution < -0.4 is 0 Å². The van der Waals surface area contributed by atoms with Crippen LogP contribution in [0, 0.1) is 17.8 Å². The normalized spacial score (nSPS) is 19.3. The molecular weight excluding hydrogens is 338 g/mol. The minimum Gasteiger partial charge on any atom is -0.368 e. The second-order valence-corrected chi connectivity index (χ2v) is 8.68. The smallest absolute Gasteiger partial charge is 0.251 e. The van der Waals surface area contributed by atoms with Gasteiger partial charge >= 0.3 is 0 Å². The van der Waals surface area contributed by atoms with Gasteiger partial charge in [0.05, 0.1) is 6.61 Å². The molecule has 0 bridgehead atoms. The fraction of sp³-hybridized carbons (Fsp3) is 0.652. The van der Waals surface area contributed by atoms with Crippen LogP contribution in [-0.2, 0) is 16.0 Å². The van der Waals surface area contributed by atoms with E-state index >= 15 is 0 Å². The molecule has 1 saturated carbocycles. The largest absolute Gasteiger partial charge is 0.368 e. The van der Waals surface area contributed by atoms with E-state index in [0.29, 0.717) is 31.5 Å². The van der Waals surface area contributed by atoms with Gasteiger partial charge in [0.15, 0.2) is 5.78 Å². The number of nitrogens with zero attached hydrogens (tertiary/aromatic N) is 1. The van der Waals surface area contributed by atoms with Crippen molar-refractivity contribution in [1.82, 2.24) is 4.90 Å². The molecule has 1 heterocycles. The summed E-state index contributed by atoms with van der Waals surface area (Å²) in [7, 11) is 0. The lowest BCUT2D eigenvalue weighted by molar-refractivity contribution is -0.144. The Kier molecular flexibility index (Phi) is 6.69. The molecule has 0 N–H and O–H groups in total. The lowest BCUT2D eigenvalue weighted by atomic mass is 9.88. The second kappa shape index (κ2) is 9.01. The summed E-state index contributed by atoms with van der Waals surface area (Å²) in [5.74, 6) is 1.59. The summed E-state index contributed by atoms with van der Waals surface area (Å²) >= 11 is 0. The SMILES string of the molecule is CC(C)Cc1ccc(C(=O)C2CCN(C(=O)C(C)OCC3CC3)CC2)cc1. The molecule has 1 atom stereocenters. The highest BCUT2D eigenvalue weighted by atomic mass is 16.5. The van der Waals surface area contributed by atoms with Crippen LogP contribution in [0.3, 0.4) is 0 Å². The van der Waals surface area contributed by atoms with Gasteiger partial charge in [-0.1, -0.05) is 38.1 Å². The van der Waals surface area contributed by atoms with Gasteiger partial charge in [-0.15, -0.1) is 0 Å². The molecule has 4 nitrogen and oxygen atoms in total. The maximum atomic E-state index is 12.8. The third kappa shape index (κ3) is 5.65. The molecular formula is C23H33NO3. The van der Waals surface area contributed by atoms with Gasteiger partial charge in [-0.05, 0) is 56.4 Å². The number of likely N-dealkylation sites (tertiary alicyclic amines) is 1. The predicted molar refractivity (Wildman–Crippen MR) is 107 cm³/mol. The van der Waals surface area contributed by atoms with Crippen molar-refractivity contribution < 1.29 is 14.3 Å². The molecule has 0 radical (unpaired) electrons. The molecule has 0 spiro atoms. The fourth-order valence-electron chi connectivity index (χ4n) is 3.77. The summed E-state index contributed by atoms with van der Waals surface area (Å²) in [5, 5.41) is 0. The Labute approximate surface area is 163 Å². The zero-order valence-corrected chi connectivity index (χ0v) is 16.9. The van der Waals surface area contributed by atoms with Gasteiger partial charge in [0.2, 0.25) is 0 Å². The van der Waals surface area contributed by atoms with Gasteiger partial charge in [-0.3, -0.25) is 9.59 Å². The van der Waals surface area contributed by atoms with Crippen molar-refractivity contribution in [2.75, 3.05) is 19.7 Å². The van der Waals surface area contributed by atoms with Crippen molar-refractivity contribution in [3.63, 3.8) is 0 Å². The van der Waals surface area contributed by atoms with Crippen molar-refractivity contribution in [3.8, 4) is 0 Å². The number of amides is 1. The molecule has 1 amide bonds. The lowest BCUT2D eigenvalue weighted by Gasteiger charge is -2.33. The number of ketones is 1. The van der Waals surface area contributed by atoms with Crippen LogP contribution in [0.4, 0.5) is 0 Å². The standard InChI is InChI=1S/C23H33NO3/c1-16(2)14-18-6-8-20(9-7-18)22(25)21-10-12-24(13-11-21)23(26)17(3)27-15-19-4-5-19/h6-9,16-17,19,21H,4-5,10-15H2,1-3H3. The Hall–Kier alpha value is -1.68. The van der Waals surface area contributed by atoms with Crippen LogP contribution >= 0.6 is 0 Å². The first kappa shape index (κ1) is 20.1. The van der Waals surface area contributed by atoms with E-state index in [1.54, 1.807) is 0 Å². The number of hydrogen-bond donors (Lipinski definition) is 0. The van der Waals surface area contributed by atoms with E-state index in [2.05, 4.69) is 26.0 Å². The Bertz CT molecular complexity index is 640. The molecule has 2 fully saturated rings. The lowest BCUT2D eigenvalue weighted by Crippen LogP contribution is -2.45. The van der Waals surface area contributed by atoms with E-state index in [1.165, 1.54) is 18.4 Å². The molecule has 148 valence electrons. The van der Waals surface area contributed by atoms with Crippen LogP contribution in [0.5, 0.6) is 0 Å². The number of piperidine rings is 1. The molecule has 0 aromatic heterocycles. The highest BCUT2D eigenvalue weighted by molar-refractivity contribution is 5.98. The first-order chi connectivity index (χ1) is 12.9. The topological polar surface area (TPSA) is 46.6 Å². The minimum atomic E-state index is -0.369. The zero-order valence-electron chi connectivity index (χ0n) is 16.9. The van der Waals surface area contributed by atoms with Crippen molar-refractivity contribution in [2.45, 2.75) is 59.0 Å². The van der Waals surface area contributed by atoms with Crippen molar-refractivity contribution in [3.05, 3.63) is 35.4 Å². The van der Waals surface area contributed by atoms with Crippen LogP contribution in [0.1, 0.15) is 62.4 Å². The highest BCUT2D eigenvalue weighted by Crippen LogP contribution is 2.29. The Morgan fingerprint density at radius 1 is 1.04 bits per heavy atom. The van der Waals surface area contributed by atoms with Crippen LogP contribution in [0.15, 0.2) is 24.3 Å². The Morgan fingerprint density at radius 3 is 2.22 bits per heavy atom. The van der Waals surface area contributed by atoms with E-state index < -0.39 is 0 Å². The third-order valence-corrected chi connectivity index (χ3v) is 5.69. The molecule has 1 aliphatic carbocycles. The third-order valence-electron chi connectivity index (χ3n) is 5.69. The maximum Gasteiger partial charge on any atom is 0.251 e. The fourth-order valence-corrected chi connectivity index (χ4v) is 3.77. The van der Waals surface area contributed by atoms with Crippen molar-refractivity contribution in [2.24, 2.45) is 17.8 Å². The average molecular weight is 372 g/mol. The summed E-state index contributed by atoms with van der Waals surface area (Å²) in [6, 6.07) is 8.08. The molecule has 2 aliphatic rings. The summed E-state index contributed by atoms with van der Waals surface area (Å²) < 4.78 is 5.70. The van der Waals surface area contributed by atoms with Gasteiger partial charge in [0.25, 0.3) is 5.91 Å². The molecule has 1 aromatic rings. The predicted octanol–water partition coefficient (Wildman–Crippen LogP) is 4.12. The number of rotatable bonds is 8. The van der Waals surface area contributed by atoms with Gasteiger partial charge in [0.1, 0.15) is 6.10 Å². The minimum absolute atomic E-state index is 0.0210. The number of hydrogen-bond acceptors (Lipinski definition) is 3. The molecule has 1 unspecified atom stereocenters. The summed E-state index contributed by atoms with van der Waals surface area (Å²) in [5.41, 5.74) is 2.08. The van der Waals surface area contributed by atoms with Gasteiger partial charge in [0, 0.05) is 24.6 Å². The first-order valence-electron chi connectivity index (χ1n) is 10.5. The number of carbonyl (C=O) groups excluding carboxylic acids is 2. The van der Waals surface area contributed by atoms with Gasteiger partial charge in [-0.25, -0.2) is 0 Å². The van der Waals surface area contributed by atoms with E-state index in [4.69, 9.17) is 4.74 Å². The van der Waals surface area contributed by atoms with Crippen molar-refractivity contribution >= 4 is 11.7 Å². The molecule has 1 aliphatic heterocycles. The van der Waals surface area contributed by atoms with E-state index in [0.717, 1.165) is 24.8 Å².